The molecule has 2 aliphatic rings. The molecule has 4 rings (SSSR count). The summed E-state index contributed by atoms with van der Waals surface area (Å²) in [6.07, 6.45) is 3.25. The van der Waals surface area contributed by atoms with Gasteiger partial charge in [-0.15, -0.1) is 0 Å². The SMILES string of the molecule is C[C@@H]1CN([C@@H](C)CO)S(=O)(=O)c2ccc(C#Cc3cccc(F)c3)cc2O[C@H]1CN(C)CCC1CCNCC1. The molecule has 2 heterocycles. The molecule has 7 nitrogen and oxygen atoms in total. The third kappa shape index (κ3) is 7.59. The molecule has 2 aromatic rings. The van der Waals surface area contributed by atoms with E-state index in [2.05, 4.69) is 29.1 Å². The first kappa shape index (κ1) is 29.5. The van der Waals surface area contributed by atoms with Crippen LogP contribution >= 0.6 is 0 Å². The summed E-state index contributed by atoms with van der Waals surface area (Å²) in [4.78, 5) is 2.33. The van der Waals surface area contributed by atoms with Crippen LogP contribution in [0.5, 0.6) is 5.75 Å². The van der Waals surface area contributed by atoms with E-state index in [9.17, 15) is 17.9 Å². The summed E-state index contributed by atoms with van der Waals surface area (Å²) >= 11 is 0. The third-order valence-electron chi connectivity index (χ3n) is 7.71. The molecule has 0 unspecified atom stereocenters. The Hall–Kier alpha value is -2.48. The lowest BCUT2D eigenvalue weighted by Gasteiger charge is -2.37. The number of nitrogens with one attached hydrogen (secondary N) is 1. The van der Waals surface area contributed by atoms with Crippen molar-refractivity contribution in [2.75, 3.05) is 46.4 Å². The molecule has 0 bridgehead atoms. The van der Waals surface area contributed by atoms with Crippen LogP contribution in [0, 0.1) is 29.5 Å². The highest BCUT2D eigenvalue weighted by atomic mass is 32.2. The molecule has 2 aliphatic heterocycles. The number of sulfonamides is 1. The maximum Gasteiger partial charge on any atom is 0.247 e. The van der Waals surface area contributed by atoms with Gasteiger partial charge in [-0.1, -0.05) is 24.8 Å². The average Bonchev–Trinajstić information content (AvgIpc) is 2.93. The molecule has 0 aliphatic carbocycles. The van der Waals surface area contributed by atoms with E-state index >= 15 is 0 Å². The van der Waals surface area contributed by atoms with Gasteiger partial charge in [0, 0.05) is 36.2 Å². The number of aliphatic hydroxyl groups is 1. The summed E-state index contributed by atoms with van der Waals surface area (Å²) in [6, 6.07) is 10.3. The van der Waals surface area contributed by atoms with Gasteiger partial charge in [0.15, 0.2) is 0 Å². The van der Waals surface area contributed by atoms with E-state index in [1.54, 1.807) is 31.2 Å². The van der Waals surface area contributed by atoms with Crippen molar-refractivity contribution in [3.05, 3.63) is 59.4 Å². The first-order chi connectivity index (χ1) is 18.7. The van der Waals surface area contributed by atoms with Crippen molar-refractivity contribution in [3.8, 4) is 17.6 Å². The van der Waals surface area contributed by atoms with E-state index in [0.717, 1.165) is 32.0 Å². The van der Waals surface area contributed by atoms with Gasteiger partial charge >= 0.3 is 0 Å². The number of aliphatic hydroxyl groups excluding tert-OH is 1. The van der Waals surface area contributed by atoms with Crippen LogP contribution in [-0.2, 0) is 10.0 Å². The fourth-order valence-electron chi connectivity index (χ4n) is 5.20. The molecule has 212 valence electrons. The first-order valence-corrected chi connectivity index (χ1v) is 15.2. The second kappa shape index (κ2) is 13.2. The Kier molecular flexibility index (Phi) is 10.0. The van der Waals surface area contributed by atoms with E-state index in [4.69, 9.17) is 4.74 Å². The van der Waals surface area contributed by atoms with Gasteiger partial charge in [0.25, 0.3) is 0 Å². The third-order valence-corrected chi connectivity index (χ3v) is 9.73. The minimum atomic E-state index is -3.92. The van der Waals surface area contributed by atoms with Crippen LogP contribution in [0.15, 0.2) is 47.4 Å². The van der Waals surface area contributed by atoms with Crippen LogP contribution < -0.4 is 10.1 Å². The largest absolute Gasteiger partial charge is 0.487 e. The number of hydrogen-bond donors (Lipinski definition) is 2. The number of benzene rings is 2. The Balaban J connectivity index is 1.62. The molecular formula is C30H40FN3O4S. The van der Waals surface area contributed by atoms with Crippen molar-refractivity contribution in [1.82, 2.24) is 14.5 Å². The quantitative estimate of drug-likeness (QED) is 0.509. The molecular weight excluding hydrogens is 517 g/mol. The van der Waals surface area contributed by atoms with Crippen LogP contribution in [-0.4, -0.2) is 81.3 Å². The summed E-state index contributed by atoms with van der Waals surface area (Å²) in [6.45, 7) is 7.42. The van der Waals surface area contributed by atoms with E-state index in [0.29, 0.717) is 17.7 Å². The topological polar surface area (TPSA) is 82.1 Å². The maximum absolute atomic E-state index is 13.7. The summed E-state index contributed by atoms with van der Waals surface area (Å²) in [7, 11) is -1.84. The predicted octanol–water partition coefficient (Wildman–Crippen LogP) is 3.32. The first-order valence-electron chi connectivity index (χ1n) is 13.8. The number of ether oxygens (including phenoxy) is 1. The lowest BCUT2D eigenvalue weighted by molar-refractivity contribution is 0.0732. The van der Waals surface area contributed by atoms with E-state index in [1.807, 2.05) is 6.92 Å². The lowest BCUT2D eigenvalue weighted by Crippen LogP contribution is -2.49. The Morgan fingerprint density at radius 3 is 2.59 bits per heavy atom. The van der Waals surface area contributed by atoms with E-state index in [1.165, 1.54) is 35.3 Å². The molecule has 0 amide bonds. The van der Waals surface area contributed by atoms with Crippen molar-refractivity contribution in [3.63, 3.8) is 0 Å². The Morgan fingerprint density at radius 1 is 1.18 bits per heavy atom. The monoisotopic (exact) mass is 557 g/mol. The average molecular weight is 558 g/mol. The fourth-order valence-corrected chi connectivity index (χ4v) is 7.03. The van der Waals surface area contributed by atoms with Gasteiger partial charge in [-0.2, -0.15) is 4.31 Å². The second-order valence-corrected chi connectivity index (χ2v) is 12.8. The number of likely N-dealkylation sites (N-methyl/N-ethyl adjacent to an activating group) is 1. The number of nitrogens with zero attached hydrogens (tertiary/aromatic N) is 2. The van der Waals surface area contributed by atoms with Crippen molar-refractivity contribution < 1.29 is 22.7 Å². The molecule has 0 radical (unpaired) electrons. The van der Waals surface area contributed by atoms with Crippen LogP contribution in [0.2, 0.25) is 0 Å². The highest BCUT2D eigenvalue weighted by molar-refractivity contribution is 7.89. The van der Waals surface area contributed by atoms with Crippen molar-refractivity contribution in [1.29, 1.82) is 0 Å². The van der Waals surface area contributed by atoms with Gasteiger partial charge in [0.1, 0.15) is 22.6 Å². The van der Waals surface area contributed by atoms with Gasteiger partial charge in [-0.25, -0.2) is 12.8 Å². The minimum absolute atomic E-state index is 0.0633. The summed E-state index contributed by atoms with van der Waals surface area (Å²) in [5, 5.41) is 13.3. The molecule has 2 aromatic carbocycles. The summed E-state index contributed by atoms with van der Waals surface area (Å²) in [5.41, 5.74) is 1.10. The fraction of sp³-hybridized carbons (Fsp3) is 0.533. The van der Waals surface area contributed by atoms with Gasteiger partial charge in [0.2, 0.25) is 10.0 Å². The molecule has 9 heteroatoms. The number of rotatable bonds is 7. The number of hydrogen-bond acceptors (Lipinski definition) is 6. The molecule has 1 saturated heterocycles. The Bertz CT molecular complexity index is 1290. The zero-order chi connectivity index (χ0) is 28.0. The normalized spacial score (nSPS) is 22.6. The van der Waals surface area contributed by atoms with Gasteiger partial charge in [0.05, 0.1) is 6.61 Å². The zero-order valence-corrected chi connectivity index (χ0v) is 23.9. The molecule has 3 atom stereocenters. The predicted molar refractivity (Wildman–Crippen MR) is 151 cm³/mol. The molecule has 0 spiro atoms. The number of piperidine rings is 1. The smallest absolute Gasteiger partial charge is 0.247 e. The Labute approximate surface area is 232 Å². The van der Waals surface area contributed by atoms with Crippen molar-refractivity contribution in [2.24, 2.45) is 11.8 Å². The zero-order valence-electron chi connectivity index (χ0n) is 23.1. The van der Waals surface area contributed by atoms with Crippen LogP contribution in [0.25, 0.3) is 0 Å². The van der Waals surface area contributed by atoms with Gasteiger partial charge in [-0.3, -0.25) is 0 Å². The van der Waals surface area contributed by atoms with E-state index < -0.39 is 16.1 Å². The maximum atomic E-state index is 13.7. The van der Waals surface area contributed by atoms with Crippen LogP contribution in [0.4, 0.5) is 4.39 Å². The minimum Gasteiger partial charge on any atom is -0.487 e. The molecule has 1 fully saturated rings. The van der Waals surface area contributed by atoms with Crippen LogP contribution in [0.1, 0.15) is 44.2 Å². The van der Waals surface area contributed by atoms with E-state index in [-0.39, 0.29) is 41.6 Å². The highest BCUT2D eigenvalue weighted by Gasteiger charge is 2.38. The van der Waals surface area contributed by atoms with Crippen molar-refractivity contribution >= 4 is 10.0 Å². The lowest BCUT2D eigenvalue weighted by atomic mass is 9.94. The van der Waals surface area contributed by atoms with Crippen molar-refractivity contribution in [2.45, 2.75) is 50.2 Å². The Morgan fingerprint density at radius 2 is 1.90 bits per heavy atom. The number of halogens is 1. The molecule has 0 aromatic heterocycles. The summed E-state index contributed by atoms with van der Waals surface area (Å²) < 4.78 is 48.8. The highest BCUT2D eigenvalue weighted by Crippen LogP contribution is 2.34. The van der Waals surface area contributed by atoms with Gasteiger partial charge < -0.3 is 20.1 Å². The van der Waals surface area contributed by atoms with Gasteiger partial charge in [-0.05, 0) is 95.2 Å². The second-order valence-electron chi connectivity index (χ2n) is 10.9. The molecule has 2 N–H and O–H groups in total. The van der Waals surface area contributed by atoms with Crippen LogP contribution in [0.3, 0.4) is 0 Å². The molecule has 0 saturated carbocycles. The standard InChI is InChI=1S/C30H40FN3O4S/c1-22-19-34(23(2)21-35)39(36,37)30-10-9-26(8-7-25-5-4-6-27(31)17-25)18-28(30)38-29(22)20-33(3)16-13-24-11-14-32-15-12-24/h4-6,9-10,17-18,22-24,29,32,35H,11-16,19-21H2,1-3H3/t22-,23+,29+/m1/s1. The summed E-state index contributed by atoms with van der Waals surface area (Å²) in [5.74, 6) is 6.43. The number of fused-ring (bicyclic) bond motifs is 1. The molecule has 39 heavy (non-hydrogen) atoms.